The number of rotatable bonds is 4. The van der Waals surface area contributed by atoms with Gasteiger partial charge in [-0.1, -0.05) is 35.3 Å². The molecule has 2 aromatic carbocycles. The largest absolute Gasteiger partial charge is 0.392 e. The molecule has 0 bridgehead atoms. The summed E-state index contributed by atoms with van der Waals surface area (Å²) in [5, 5.41) is 14.3. The van der Waals surface area contributed by atoms with Crippen LogP contribution in [0.2, 0.25) is 10.0 Å². The van der Waals surface area contributed by atoms with E-state index in [1.165, 1.54) is 40.9 Å². The van der Waals surface area contributed by atoms with Crippen LogP contribution in [0.1, 0.15) is 29.5 Å². The Hall–Kier alpha value is -2.97. The smallest absolute Gasteiger partial charge is 0.266 e. The molecule has 2 N–H and O–H groups in total. The van der Waals surface area contributed by atoms with E-state index in [1.807, 2.05) is 0 Å². The zero-order valence-corrected chi connectivity index (χ0v) is 20.6. The van der Waals surface area contributed by atoms with E-state index in [0.717, 1.165) is 18.8 Å². The van der Waals surface area contributed by atoms with Crippen molar-refractivity contribution in [3.8, 4) is 5.69 Å². The van der Waals surface area contributed by atoms with E-state index >= 15 is 0 Å². The second kappa shape index (κ2) is 8.31. The Morgan fingerprint density at radius 2 is 1.94 bits per heavy atom. The number of benzene rings is 2. The number of pyridine rings is 1. The monoisotopic (exact) mass is 507 g/mol. The molecule has 2 aromatic heterocycles. The molecule has 4 aromatic rings. The van der Waals surface area contributed by atoms with Crippen molar-refractivity contribution in [3.05, 3.63) is 85.9 Å². The van der Waals surface area contributed by atoms with Gasteiger partial charge in [-0.05, 0) is 55.3 Å². The highest BCUT2D eigenvalue weighted by Crippen LogP contribution is 2.52. The summed E-state index contributed by atoms with van der Waals surface area (Å²) < 4.78 is 1.34. The summed E-state index contributed by atoms with van der Waals surface area (Å²) >= 11 is 12.7. The molecule has 3 heterocycles. The lowest BCUT2D eigenvalue weighted by Gasteiger charge is -2.32. The van der Waals surface area contributed by atoms with Crippen LogP contribution in [-0.4, -0.2) is 38.1 Å². The number of aliphatic hydroxyl groups is 1. The molecule has 1 saturated carbocycles. The molecule has 0 amide bonds. The molecule has 1 aliphatic carbocycles. The van der Waals surface area contributed by atoms with Gasteiger partial charge >= 0.3 is 0 Å². The summed E-state index contributed by atoms with van der Waals surface area (Å²) in [6, 6.07) is 11.4. The summed E-state index contributed by atoms with van der Waals surface area (Å²) in [6.07, 6.45) is 5.48. The first-order chi connectivity index (χ1) is 16.9. The summed E-state index contributed by atoms with van der Waals surface area (Å²) in [6.45, 7) is 1.70. The van der Waals surface area contributed by atoms with E-state index in [9.17, 15) is 9.90 Å². The number of hydrogen-bond acceptors (Lipinski definition) is 6. The molecule has 0 saturated heterocycles. The Kier molecular flexibility index (Phi) is 5.34. The highest BCUT2D eigenvalue weighted by atomic mass is 35.5. The first-order valence-corrected chi connectivity index (χ1v) is 12.2. The van der Waals surface area contributed by atoms with Crippen molar-refractivity contribution in [2.24, 2.45) is 0 Å². The van der Waals surface area contributed by atoms with Gasteiger partial charge in [-0.2, -0.15) is 0 Å². The molecule has 1 aliphatic heterocycles. The molecule has 35 heavy (non-hydrogen) atoms. The molecule has 1 spiro atoms. The molecule has 0 radical (unpaired) electrons. The third-order valence-electron chi connectivity index (χ3n) is 6.97. The van der Waals surface area contributed by atoms with Crippen LogP contribution in [0.25, 0.3) is 16.6 Å². The summed E-state index contributed by atoms with van der Waals surface area (Å²) in [4.78, 5) is 24.6. The van der Waals surface area contributed by atoms with E-state index < -0.39 is 0 Å². The number of fused-ring (bicyclic) bond motifs is 3. The minimum atomic E-state index is -0.370. The number of para-hydroxylation sites is 1. The van der Waals surface area contributed by atoms with Gasteiger partial charge in [0.1, 0.15) is 0 Å². The molecule has 0 unspecified atom stereocenters. The number of aromatic nitrogens is 3. The molecular weight excluding hydrogens is 485 g/mol. The normalized spacial score (nSPS) is 16.5. The van der Waals surface area contributed by atoms with Gasteiger partial charge in [0.15, 0.2) is 0 Å². The van der Waals surface area contributed by atoms with E-state index in [0.29, 0.717) is 38.2 Å². The standard InChI is InChI=1S/C26H23Cl2N5O2/c1-32-11-15-9-17(5-6-19(15)26(14-32)7-8-26)30-25-29-10-18-22(31-25)16(13-34)12-33(24(18)35)23-20(27)3-2-4-21(23)28/h2-6,9-10,12,34H,7-8,11,13-14H2,1H3,(H,29,30,31). The lowest BCUT2D eigenvalue weighted by atomic mass is 9.87. The van der Waals surface area contributed by atoms with Crippen LogP contribution < -0.4 is 10.9 Å². The third kappa shape index (κ3) is 3.79. The van der Waals surface area contributed by atoms with E-state index in [-0.39, 0.29) is 17.6 Å². The molecule has 9 heteroatoms. The zero-order valence-electron chi connectivity index (χ0n) is 19.1. The van der Waals surface area contributed by atoms with Gasteiger partial charge in [0, 0.05) is 42.1 Å². The molecule has 0 atom stereocenters. The maximum Gasteiger partial charge on any atom is 0.266 e. The van der Waals surface area contributed by atoms with Crippen molar-refractivity contribution >= 4 is 45.7 Å². The topological polar surface area (TPSA) is 83.3 Å². The van der Waals surface area contributed by atoms with Crippen molar-refractivity contribution in [1.82, 2.24) is 19.4 Å². The predicted octanol–water partition coefficient (Wildman–Crippen LogP) is 4.80. The SMILES string of the molecule is CN1Cc2cc(Nc3ncc4c(=O)n(-c5c(Cl)cccc5Cl)cc(CO)c4n3)ccc2C2(CC2)C1. The quantitative estimate of drug-likeness (QED) is 0.412. The second-order valence-corrected chi connectivity index (χ2v) is 10.3. The van der Waals surface area contributed by atoms with Gasteiger partial charge in [0.2, 0.25) is 5.95 Å². The summed E-state index contributed by atoms with van der Waals surface area (Å²) in [7, 11) is 2.16. The molecule has 2 aliphatic rings. The fraction of sp³-hybridized carbons (Fsp3) is 0.269. The zero-order chi connectivity index (χ0) is 24.3. The van der Waals surface area contributed by atoms with E-state index in [4.69, 9.17) is 23.2 Å². The average Bonchev–Trinajstić information content (AvgIpc) is 3.59. The van der Waals surface area contributed by atoms with Crippen molar-refractivity contribution in [2.45, 2.75) is 31.4 Å². The Labute approximate surface area is 212 Å². The Balaban J connectivity index is 1.39. The van der Waals surface area contributed by atoms with E-state index in [2.05, 4.69) is 45.4 Å². The fourth-order valence-electron chi connectivity index (χ4n) is 5.23. The lowest BCUT2D eigenvalue weighted by Crippen LogP contribution is -2.35. The maximum atomic E-state index is 13.3. The minimum Gasteiger partial charge on any atom is -0.392 e. The highest BCUT2D eigenvalue weighted by molar-refractivity contribution is 6.37. The van der Waals surface area contributed by atoms with Gasteiger partial charge in [-0.15, -0.1) is 0 Å². The predicted molar refractivity (Wildman–Crippen MR) is 138 cm³/mol. The third-order valence-corrected chi connectivity index (χ3v) is 7.58. The van der Waals surface area contributed by atoms with Crippen LogP contribution in [-0.2, 0) is 18.6 Å². The Morgan fingerprint density at radius 3 is 2.66 bits per heavy atom. The number of anilines is 2. The number of aliphatic hydroxyl groups excluding tert-OH is 1. The molecular formula is C26H23Cl2N5O2. The van der Waals surface area contributed by atoms with Crippen molar-refractivity contribution in [1.29, 1.82) is 0 Å². The number of hydrogen-bond donors (Lipinski definition) is 2. The summed E-state index contributed by atoms with van der Waals surface area (Å²) in [5.74, 6) is 0.352. The van der Waals surface area contributed by atoms with Crippen molar-refractivity contribution in [2.75, 3.05) is 18.9 Å². The van der Waals surface area contributed by atoms with Gasteiger partial charge in [0.25, 0.3) is 5.56 Å². The van der Waals surface area contributed by atoms with Crippen LogP contribution in [0.4, 0.5) is 11.6 Å². The fourth-order valence-corrected chi connectivity index (χ4v) is 5.80. The maximum absolute atomic E-state index is 13.3. The lowest BCUT2D eigenvalue weighted by molar-refractivity contribution is 0.271. The van der Waals surface area contributed by atoms with Crippen LogP contribution >= 0.6 is 23.2 Å². The molecule has 7 nitrogen and oxygen atoms in total. The number of likely N-dealkylation sites (N-methyl/N-ethyl adjacent to an activating group) is 1. The summed E-state index contributed by atoms with van der Waals surface area (Å²) in [5.41, 5.74) is 4.79. The van der Waals surface area contributed by atoms with E-state index in [1.54, 1.807) is 18.2 Å². The first-order valence-electron chi connectivity index (χ1n) is 11.4. The highest BCUT2D eigenvalue weighted by Gasteiger charge is 2.48. The minimum absolute atomic E-state index is 0.265. The Morgan fingerprint density at radius 1 is 1.17 bits per heavy atom. The number of nitrogens with one attached hydrogen (secondary N) is 1. The molecule has 178 valence electrons. The van der Waals surface area contributed by atoms with Crippen LogP contribution in [0, 0.1) is 0 Å². The van der Waals surface area contributed by atoms with Gasteiger partial charge < -0.3 is 15.3 Å². The molecule has 1 fully saturated rings. The average molecular weight is 508 g/mol. The van der Waals surface area contributed by atoms with Gasteiger partial charge in [0.05, 0.1) is 33.2 Å². The number of nitrogens with zero attached hydrogens (tertiary/aromatic N) is 4. The van der Waals surface area contributed by atoms with Gasteiger partial charge in [-0.25, -0.2) is 9.97 Å². The van der Waals surface area contributed by atoms with Crippen molar-refractivity contribution < 1.29 is 5.11 Å². The van der Waals surface area contributed by atoms with Gasteiger partial charge in [-0.3, -0.25) is 9.36 Å². The molecule has 6 rings (SSSR count). The number of halogens is 2. The second-order valence-electron chi connectivity index (χ2n) is 9.46. The first kappa shape index (κ1) is 22.5. The van der Waals surface area contributed by atoms with Crippen molar-refractivity contribution in [3.63, 3.8) is 0 Å². The van der Waals surface area contributed by atoms with Crippen LogP contribution in [0.15, 0.2) is 53.6 Å². The Bertz CT molecular complexity index is 1530. The van der Waals surface area contributed by atoms with Crippen LogP contribution in [0.3, 0.4) is 0 Å². The van der Waals surface area contributed by atoms with Crippen LogP contribution in [0.5, 0.6) is 0 Å².